The monoisotopic (exact) mass is 1160 g/mol. The number of hydrogen-bond donors (Lipinski definition) is 0. The number of hydrogen-bond acceptors (Lipinski definition) is 0. The zero-order chi connectivity index (χ0) is 55.8. The van der Waals surface area contributed by atoms with Crippen molar-refractivity contribution in [1.82, 2.24) is 0 Å². The zero-order valence-electron chi connectivity index (χ0n) is 48.9. The number of halogens is 2. The fraction of sp³-hybridized carbons (Fsp3) is 0.297. The number of fused-ring (bicyclic) bond motifs is 2. The summed E-state index contributed by atoms with van der Waals surface area (Å²) in [7, 11) is 19.4. The maximum absolute atomic E-state index is 9.70. The van der Waals surface area contributed by atoms with Crippen LogP contribution in [0.5, 0.6) is 0 Å². The molecule has 0 nitrogen and oxygen atoms in total. The molecule has 8 aromatic rings. The Kier molecular flexibility index (Phi) is 15.0. The van der Waals surface area contributed by atoms with Crippen LogP contribution < -0.4 is 0 Å². The Morgan fingerprint density at radius 1 is 0.346 bits per heavy atom. The average molecular weight is 1160 g/mol. The molecule has 78 heavy (non-hydrogen) atoms. The molecule has 2 aliphatic carbocycles. The Hall–Kier alpha value is -5.08. The Morgan fingerprint density at radius 2 is 0.603 bits per heavy atom. The van der Waals surface area contributed by atoms with Crippen LogP contribution in [0.2, 0.25) is 13.1 Å². The van der Waals surface area contributed by atoms with Gasteiger partial charge in [0.1, 0.15) is 0 Å². The van der Waals surface area contributed by atoms with Gasteiger partial charge in [0.15, 0.2) is 0 Å². The predicted molar refractivity (Wildman–Crippen MR) is 342 cm³/mol. The molecule has 8 aromatic carbocycles. The van der Waals surface area contributed by atoms with Gasteiger partial charge in [-0.3, -0.25) is 0 Å². The van der Waals surface area contributed by atoms with E-state index in [0.717, 1.165) is 12.8 Å². The predicted octanol–water partition coefficient (Wildman–Crippen LogP) is 21.6. The molecule has 0 saturated heterocycles. The second-order valence-corrected chi connectivity index (χ2v) is 69.8. The molecular formula is C74H81Cl2SiZr. The van der Waals surface area contributed by atoms with E-state index in [1.54, 1.807) is 0 Å². The van der Waals surface area contributed by atoms with Crippen LogP contribution in [0.3, 0.4) is 0 Å². The van der Waals surface area contributed by atoms with Gasteiger partial charge in [0.05, 0.1) is 0 Å². The van der Waals surface area contributed by atoms with Crippen molar-refractivity contribution in [3.63, 3.8) is 0 Å². The third kappa shape index (κ3) is 10.6. The van der Waals surface area contributed by atoms with Crippen LogP contribution in [-0.4, -0.2) is 5.92 Å². The van der Waals surface area contributed by atoms with Crippen LogP contribution in [0, 0.1) is 0 Å². The van der Waals surface area contributed by atoms with E-state index in [-0.39, 0.29) is 28.9 Å². The van der Waals surface area contributed by atoms with Crippen molar-refractivity contribution in [2.24, 2.45) is 0 Å². The first-order valence-electron chi connectivity index (χ1n) is 28.6. The van der Waals surface area contributed by atoms with Gasteiger partial charge in [0, 0.05) is 0 Å². The van der Waals surface area contributed by atoms with Gasteiger partial charge in [-0.2, -0.15) is 0 Å². The topological polar surface area (TPSA) is 0 Å². The molecule has 0 aromatic heterocycles. The van der Waals surface area contributed by atoms with Gasteiger partial charge in [-0.05, 0) is 0 Å². The standard InChI is InChI=1S/2C36H37.C2H7Si.2ClH.Zr/c2*1-35(2,3)29-16-12-27(13-17-29)31-20-21-32(28-14-18-30(19-15-28)36(4,5)6)34-24-26(23-33(31)34)22-25-10-8-7-9-11-25;1-3-2;;;/h2*7-21,23-24H,22H2,1-6H3;3H,1-2H3;2*1H;/q;;;;;+2/p-2. The summed E-state index contributed by atoms with van der Waals surface area (Å²) in [4.78, 5) is 0. The van der Waals surface area contributed by atoms with E-state index < -0.39 is 21.5 Å². The summed E-state index contributed by atoms with van der Waals surface area (Å²) in [5.74, 6) is -2.10. The van der Waals surface area contributed by atoms with Crippen LogP contribution in [-0.2, 0) is 50.1 Å². The van der Waals surface area contributed by atoms with E-state index in [1.807, 2.05) is 0 Å². The summed E-state index contributed by atoms with van der Waals surface area (Å²) in [6, 6.07) is 69.3. The van der Waals surface area contributed by atoms with E-state index in [9.17, 15) is 17.0 Å². The van der Waals surface area contributed by atoms with Crippen molar-refractivity contribution >= 4 is 35.1 Å². The van der Waals surface area contributed by atoms with Crippen molar-refractivity contribution in [2.45, 2.75) is 138 Å². The molecule has 0 bridgehead atoms. The molecule has 0 heterocycles. The van der Waals surface area contributed by atoms with E-state index in [1.165, 1.54) is 111 Å². The van der Waals surface area contributed by atoms with Crippen LogP contribution in [0.1, 0.15) is 146 Å². The number of allylic oxidation sites excluding steroid dienone is 2. The van der Waals surface area contributed by atoms with Crippen LogP contribution in [0.25, 0.3) is 56.7 Å². The van der Waals surface area contributed by atoms with Gasteiger partial charge in [0.2, 0.25) is 0 Å². The fourth-order valence-electron chi connectivity index (χ4n) is 12.8. The first-order chi connectivity index (χ1) is 36.7. The molecule has 399 valence electrons. The van der Waals surface area contributed by atoms with Crippen molar-refractivity contribution in [2.75, 3.05) is 0 Å². The summed E-state index contributed by atoms with van der Waals surface area (Å²) in [5, 5.41) is 0. The van der Waals surface area contributed by atoms with E-state index in [4.69, 9.17) is 0 Å². The minimum atomic E-state index is -5.69. The molecule has 2 aliphatic rings. The molecule has 2 unspecified atom stereocenters. The Balaban J connectivity index is 1.31. The molecule has 10 rings (SSSR count). The Bertz CT molecular complexity index is 3320. The Labute approximate surface area is 477 Å². The van der Waals surface area contributed by atoms with E-state index in [0.29, 0.717) is 0 Å². The summed E-state index contributed by atoms with van der Waals surface area (Å²) in [5.41, 5.74) is 25.5. The molecule has 0 spiro atoms. The maximum atomic E-state index is 9.70. The minimum absolute atomic E-state index is 0.0112. The molecule has 0 aliphatic heterocycles. The third-order valence-electron chi connectivity index (χ3n) is 17.5. The first-order valence-corrected chi connectivity index (χ1v) is 44.9. The second-order valence-electron chi connectivity index (χ2n) is 27.3. The van der Waals surface area contributed by atoms with Gasteiger partial charge in [0.25, 0.3) is 0 Å². The summed E-state index contributed by atoms with van der Waals surface area (Å²) in [6.07, 6.45) is 6.65. The van der Waals surface area contributed by atoms with Gasteiger partial charge in [-0.25, -0.2) is 0 Å². The van der Waals surface area contributed by atoms with Gasteiger partial charge < -0.3 is 0 Å². The Morgan fingerprint density at radius 3 is 0.859 bits per heavy atom. The number of rotatable bonds is 11. The van der Waals surface area contributed by atoms with Crippen molar-refractivity contribution in [3.05, 3.63) is 249 Å². The van der Waals surface area contributed by atoms with Gasteiger partial charge in [-0.15, -0.1) is 0 Å². The van der Waals surface area contributed by atoms with Crippen molar-refractivity contribution in [3.8, 4) is 44.5 Å². The molecular weight excluding hydrogens is 1080 g/mol. The molecule has 0 saturated carbocycles. The second kappa shape index (κ2) is 20.8. The molecule has 0 amide bonds. The van der Waals surface area contributed by atoms with Crippen LogP contribution in [0.15, 0.2) is 193 Å². The molecule has 2 atom stereocenters. The molecule has 0 N–H and O–H groups in total. The van der Waals surface area contributed by atoms with E-state index in [2.05, 4.69) is 290 Å². The first kappa shape index (κ1) is 56.2. The fourth-order valence-corrected chi connectivity index (χ4v) is 43.8. The number of benzene rings is 8. The SMILES string of the molecule is C[SiH](C)[Zr]([Cl])([Cl])([CH]1C(Cc2ccccc2)=Cc2c(-c3ccc(C(C)(C)C)cc3)ccc(-c3ccc(C(C)(C)C)cc3)c21)[CH]1C(Cc2ccccc2)=Cc2c(-c3ccc(C(C)(C)C)cc3)ccc(-c3ccc(C(C)(C)C)cc3)c21. The molecule has 0 radical (unpaired) electrons. The summed E-state index contributed by atoms with van der Waals surface area (Å²) in [6.45, 7) is 32.6. The molecule has 0 fully saturated rings. The normalized spacial score (nSPS) is 16.3. The van der Waals surface area contributed by atoms with Crippen LogP contribution in [0.4, 0.5) is 0 Å². The van der Waals surface area contributed by atoms with Crippen LogP contribution >= 0.6 is 17.0 Å². The van der Waals surface area contributed by atoms with Gasteiger partial charge in [-0.1, -0.05) is 0 Å². The van der Waals surface area contributed by atoms with Crippen molar-refractivity contribution in [1.29, 1.82) is 0 Å². The summed E-state index contributed by atoms with van der Waals surface area (Å²) >= 11 is -5.69. The van der Waals surface area contributed by atoms with Crippen molar-refractivity contribution < 1.29 is 15.6 Å². The third-order valence-corrected chi connectivity index (χ3v) is 69.2. The molecule has 4 heteroatoms. The quantitative estimate of drug-likeness (QED) is 0.113. The van der Waals surface area contributed by atoms with E-state index >= 15 is 0 Å². The zero-order valence-corrected chi connectivity index (χ0v) is 54.0. The van der Waals surface area contributed by atoms with Gasteiger partial charge >= 0.3 is 482 Å². The summed E-state index contributed by atoms with van der Waals surface area (Å²) < 4.78 is -0.382. The average Bonchev–Trinajstić information content (AvgIpc) is 4.14.